The van der Waals surface area contributed by atoms with Crippen molar-refractivity contribution in [2.75, 3.05) is 5.32 Å². The highest BCUT2D eigenvalue weighted by molar-refractivity contribution is 6.34. The van der Waals surface area contributed by atoms with Crippen LogP contribution in [0.3, 0.4) is 0 Å². The molecule has 1 N–H and O–H groups in total. The quantitative estimate of drug-likeness (QED) is 0.796. The third kappa shape index (κ3) is 3.12. The Morgan fingerprint density at radius 1 is 1.00 bits per heavy atom. The molecule has 0 fully saturated rings. The van der Waals surface area contributed by atoms with Crippen molar-refractivity contribution in [1.29, 1.82) is 0 Å². The lowest BCUT2D eigenvalue weighted by molar-refractivity contribution is -0.110. The minimum absolute atomic E-state index is 0.0663. The number of nitrogens with one attached hydrogen (secondary N) is 1. The normalized spacial score (nSPS) is 15.1. The highest BCUT2D eigenvalue weighted by Crippen LogP contribution is 2.34. The highest BCUT2D eigenvalue weighted by Gasteiger charge is 2.23. The van der Waals surface area contributed by atoms with Gasteiger partial charge in [-0.2, -0.15) is 0 Å². The van der Waals surface area contributed by atoms with Crippen molar-refractivity contribution in [3.8, 4) is 0 Å². The first-order valence-electron chi connectivity index (χ1n) is 6.69. The molecule has 0 saturated carbocycles. The Hall–Kier alpha value is -1.77. The zero-order chi connectivity index (χ0) is 14.8. The summed E-state index contributed by atoms with van der Waals surface area (Å²) in [7, 11) is 0. The van der Waals surface area contributed by atoms with Crippen LogP contribution in [0.2, 0.25) is 10.0 Å². The number of halogens is 2. The molecule has 0 saturated heterocycles. The van der Waals surface area contributed by atoms with Crippen LogP contribution in [0.4, 0.5) is 5.69 Å². The van der Waals surface area contributed by atoms with E-state index in [0.29, 0.717) is 5.02 Å². The van der Waals surface area contributed by atoms with Gasteiger partial charge in [0.05, 0.1) is 5.69 Å². The van der Waals surface area contributed by atoms with E-state index in [0.717, 1.165) is 34.7 Å². The lowest BCUT2D eigenvalue weighted by Crippen LogP contribution is -2.03. The molecule has 4 heteroatoms. The Kier molecular flexibility index (Phi) is 4.00. The van der Waals surface area contributed by atoms with Gasteiger partial charge < -0.3 is 5.32 Å². The van der Waals surface area contributed by atoms with Gasteiger partial charge in [-0.15, -0.1) is 0 Å². The number of allylic oxidation sites excluding steroid dienone is 1. The average Bonchev–Trinajstić information content (AvgIpc) is 2.76. The minimum atomic E-state index is -0.0663. The first-order valence-corrected chi connectivity index (χ1v) is 7.45. The van der Waals surface area contributed by atoms with Crippen LogP contribution in [0.5, 0.6) is 0 Å². The summed E-state index contributed by atoms with van der Waals surface area (Å²) in [6.45, 7) is 0. The van der Waals surface area contributed by atoms with Crippen LogP contribution >= 0.6 is 23.2 Å². The zero-order valence-electron chi connectivity index (χ0n) is 11.2. The van der Waals surface area contributed by atoms with Crippen molar-refractivity contribution in [1.82, 2.24) is 0 Å². The smallest absolute Gasteiger partial charge is 0.256 e. The van der Waals surface area contributed by atoms with Gasteiger partial charge in [-0.05, 0) is 42.7 Å². The first kappa shape index (κ1) is 14.2. The largest absolute Gasteiger partial charge is 0.321 e. The second-order valence-electron chi connectivity index (χ2n) is 4.93. The Labute approximate surface area is 133 Å². The molecule has 0 spiro atoms. The number of fused-ring (bicyclic) bond motifs is 1. The van der Waals surface area contributed by atoms with Crippen LogP contribution in [0.15, 0.2) is 48.5 Å². The van der Waals surface area contributed by atoms with Gasteiger partial charge in [0.15, 0.2) is 0 Å². The van der Waals surface area contributed by atoms with Crippen LogP contribution in [0.25, 0.3) is 5.57 Å². The lowest BCUT2D eigenvalue weighted by Gasteiger charge is -2.00. The molecule has 2 aromatic rings. The number of hydrogen-bond donors (Lipinski definition) is 1. The summed E-state index contributed by atoms with van der Waals surface area (Å²) < 4.78 is 0. The molecule has 2 nitrogen and oxygen atoms in total. The number of benzene rings is 2. The first-order chi connectivity index (χ1) is 10.1. The van der Waals surface area contributed by atoms with E-state index in [4.69, 9.17) is 23.2 Å². The molecule has 3 rings (SSSR count). The van der Waals surface area contributed by atoms with Crippen molar-refractivity contribution in [2.45, 2.75) is 12.8 Å². The highest BCUT2D eigenvalue weighted by atomic mass is 35.5. The Bertz CT molecular complexity index is 720. The molecule has 0 radical (unpaired) electrons. The van der Waals surface area contributed by atoms with Crippen molar-refractivity contribution in [3.63, 3.8) is 0 Å². The molecule has 0 aromatic heterocycles. The fourth-order valence-electron chi connectivity index (χ4n) is 2.40. The summed E-state index contributed by atoms with van der Waals surface area (Å²) in [5.74, 6) is -0.0663. The monoisotopic (exact) mass is 317 g/mol. The Balaban J connectivity index is 1.75. The molecule has 1 heterocycles. The number of hydrogen-bond acceptors (Lipinski definition) is 1. The number of carbonyl (C=O) groups is 1. The summed E-state index contributed by atoms with van der Waals surface area (Å²) in [5.41, 5.74) is 3.62. The summed E-state index contributed by atoms with van der Waals surface area (Å²) in [6.07, 6.45) is 3.65. The van der Waals surface area contributed by atoms with E-state index in [1.54, 1.807) is 12.1 Å². The molecular formula is C17H13Cl2NO. The van der Waals surface area contributed by atoms with Gasteiger partial charge >= 0.3 is 0 Å². The molecule has 0 aliphatic carbocycles. The van der Waals surface area contributed by atoms with Crippen molar-refractivity contribution >= 4 is 40.4 Å². The molecule has 0 atom stereocenters. The SMILES string of the molecule is O=C1Nc2cc(Cl)ccc2/C1=C\CCc1ccc(Cl)cc1. The van der Waals surface area contributed by atoms with E-state index in [1.807, 2.05) is 36.4 Å². The van der Waals surface area contributed by atoms with Gasteiger partial charge in [0.2, 0.25) is 0 Å². The third-order valence-electron chi connectivity index (χ3n) is 3.46. The molecule has 1 amide bonds. The lowest BCUT2D eigenvalue weighted by atomic mass is 10.0. The van der Waals surface area contributed by atoms with Crippen LogP contribution in [-0.2, 0) is 11.2 Å². The number of anilines is 1. The maximum Gasteiger partial charge on any atom is 0.256 e. The van der Waals surface area contributed by atoms with Gasteiger partial charge in [0.25, 0.3) is 5.91 Å². The molecule has 1 aliphatic rings. The predicted octanol–water partition coefficient (Wildman–Crippen LogP) is 4.96. The zero-order valence-corrected chi connectivity index (χ0v) is 12.7. The van der Waals surface area contributed by atoms with Gasteiger partial charge in [-0.25, -0.2) is 0 Å². The minimum Gasteiger partial charge on any atom is -0.321 e. The van der Waals surface area contributed by atoms with Gasteiger partial charge in [0, 0.05) is 21.2 Å². The molecule has 106 valence electrons. The standard InChI is InChI=1S/C17H13Cl2NO/c18-12-6-4-11(5-7-12)2-1-3-15-14-9-8-13(19)10-16(14)20-17(15)21/h3-10H,1-2H2,(H,20,21)/b15-3+. The maximum atomic E-state index is 12.0. The van der Waals surface area contributed by atoms with Crippen molar-refractivity contribution in [3.05, 3.63) is 69.7 Å². The second-order valence-corrected chi connectivity index (χ2v) is 5.80. The van der Waals surface area contributed by atoms with Crippen molar-refractivity contribution < 1.29 is 4.79 Å². The van der Waals surface area contributed by atoms with E-state index < -0.39 is 0 Å². The van der Waals surface area contributed by atoms with Crippen LogP contribution in [0.1, 0.15) is 17.5 Å². The predicted molar refractivity (Wildman–Crippen MR) is 87.8 cm³/mol. The van der Waals surface area contributed by atoms with E-state index >= 15 is 0 Å². The number of amides is 1. The van der Waals surface area contributed by atoms with E-state index in [9.17, 15) is 4.79 Å². The van der Waals surface area contributed by atoms with Crippen molar-refractivity contribution in [2.24, 2.45) is 0 Å². The average molecular weight is 318 g/mol. The molecule has 21 heavy (non-hydrogen) atoms. The van der Waals surface area contributed by atoms with E-state index in [-0.39, 0.29) is 5.91 Å². The topological polar surface area (TPSA) is 29.1 Å². The Morgan fingerprint density at radius 2 is 1.71 bits per heavy atom. The fourth-order valence-corrected chi connectivity index (χ4v) is 2.70. The van der Waals surface area contributed by atoms with Gasteiger partial charge in [-0.3, -0.25) is 4.79 Å². The molecule has 0 unspecified atom stereocenters. The van der Waals surface area contributed by atoms with Crippen LogP contribution < -0.4 is 5.32 Å². The number of aryl methyl sites for hydroxylation is 1. The van der Waals surface area contributed by atoms with E-state index in [1.165, 1.54) is 5.56 Å². The number of rotatable bonds is 3. The molecular weight excluding hydrogens is 305 g/mol. The molecule has 1 aliphatic heterocycles. The van der Waals surface area contributed by atoms with Crippen LogP contribution in [-0.4, -0.2) is 5.91 Å². The summed E-state index contributed by atoms with van der Waals surface area (Å²) in [5, 5.41) is 4.19. The summed E-state index contributed by atoms with van der Waals surface area (Å²) in [6, 6.07) is 13.2. The molecule has 0 bridgehead atoms. The summed E-state index contributed by atoms with van der Waals surface area (Å²) >= 11 is 11.8. The maximum absolute atomic E-state index is 12.0. The van der Waals surface area contributed by atoms with Gasteiger partial charge in [-0.1, -0.05) is 47.5 Å². The third-order valence-corrected chi connectivity index (χ3v) is 3.95. The van der Waals surface area contributed by atoms with Gasteiger partial charge in [0.1, 0.15) is 0 Å². The van der Waals surface area contributed by atoms with Crippen LogP contribution in [0, 0.1) is 0 Å². The number of carbonyl (C=O) groups excluding carboxylic acids is 1. The summed E-state index contributed by atoms with van der Waals surface area (Å²) in [4.78, 5) is 12.0. The second kappa shape index (κ2) is 5.92. The van der Waals surface area contributed by atoms with E-state index in [2.05, 4.69) is 5.32 Å². The molecule has 2 aromatic carbocycles. The fraction of sp³-hybridized carbons (Fsp3) is 0.118. The Morgan fingerprint density at radius 3 is 2.48 bits per heavy atom.